The SMILES string of the molecule is Cc1[nH]ncc1-c1cccc(OCCNC(=O)[C@@H](C)N)c1. The van der Waals surface area contributed by atoms with Crippen molar-refractivity contribution in [2.45, 2.75) is 19.9 Å². The Morgan fingerprint density at radius 1 is 1.52 bits per heavy atom. The molecule has 0 aliphatic rings. The highest BCUT2D eigenvalue weighted by Gasteiger charge is 2.07. The predicted octanol–water partition coefficient (Wildman–Crippen LogP) is 1.23. The van der Waals surface area contributed by atoms with E-state index in [4.69, 9.17) is 10.5 Å². The summed E-state index contributed by atoms with van der Waals surface area (Å²) in [4.78, 5) is 11.3. The quantitative estimate of drug-likeness (QED) is 0.697. The summed E-state index contributed by atoms with van der Waals surface area (Å²) < 4.78 is 5.63. The molecule has 112 valence electrons. The first-order valence-corrected chi connectivity index (χ1v) is 6.84. The van der Waals surface area contributed by atoms with Crippen LogP contribution in [0.3, 0.4) is 0 Å². The van der Waals surface area contributed by atoms with E-state index in [0.717, 1.165) is 22.6 Å². The molecule has 1 aromatic carbocycles. The van der Waals surface area contributed by atoms with Crippen LogP contribution in [0.15, 0.2) is 30.5 Å². The van der Waals surface area contributed by atoms with Crippen LogP contribution in [-0.4, -0.2) is 35.3 Å². The second kappa shape index (κ2) is 6.90. The molecule has 0 unspecified atom stereocenters. The summed E-state index contributed by atoms with van der Waals surface area (Å²) in [5.41, 5.74) is 8.55. The van der Waals surface area contributed by atoms with Gasteiger partial charge in [-0.25, -0.2) is 0 Å². The van der Waals surface area contributed by atoms with Crippen molar-refractivity contribution in [3.05, 3.63) is 36.2 Å². The minimum atomic E-state index is -0.502. The molecule has 6 heteroatoms. The number of nitrogens with zero attached hydrogens (tertiary/aromatic N) is 1. The van der Waals surface area contributed by atoms with Crippen molar-refractivity contribution in [2.75, 3.05) is 13.2 Å². The number of aryl methyl sites for hydroxylation is 1. The number of rotatable bonds is 6. The van der Waals surface area contributed by atoms with Gasteiger partial charge in [-0.1, -0.05) is 12.1 Å². The van der Waals surface area contributed by atoms with E-state index in [1.54, 1.807) is 13.1 Å². The number of nitrogens with two attached hydrogens (primary N) is 1. The predicted molar refractivity (Wildman–Crippen MR) is 80.9 cm³/mol. The molecular weight excluding hydrogens is 268 g/mol. The van der Waals surface area contributed by atoms with Crippen LogP contribution < -0.4 is 15.8 Å². The lowest BCUT2D eigenvalue weighted by Crippen LogP contribution is -2.40. The minimum Gasteiger partial charge on any atom is -0.492 e. The Balaban J connectivity index is 1.90. The molecule has 0 saturated heterocycles. The van der Waals surface area contributed by atoms with Gasteiger partial charge in [0.2, 0.25) is 5.91 Å². The molecule has 2 aromatic rings. The summed E-state index contributed by atoms with van der Waals surface area (Å²) in [6.07, 6.45) is 1.79. The maximum atomic E-state index is 11.3. The van der Waals surface area contributed by atoms with Crippen LogP contribution in [0.5, 0.6) is 5.75 Å². The Morgan fingerprint density at radius 3 is 3.00 bits per heavy atom. The normalized spacial score (nSPS) is 12.0. The highest BCUT2D eigenvalue weighted by Crippen LogP contribution is 2.25. The van der Waals surface area contributed by atoms with Gasteiger partial charge in [0.15, 0.2) is 0 Å². The molecular formula is C15H20N4O2. The number of H-pyrrole nitrogens is 1. The van der Waals surface area contributed by atoms with Gasteiger partial charge in [-0.15, -0.1) is 0 Å². The van der Waals surface area contributed by atoms with Crippen LogP contribution in [0.2, 0.25) is 0 Å². The summed E-state index contributed by atoms with van der Waals surface area (Å²) in [5, 5.41) is 9.63. The topological polar surface area (TPSA) is 93.0 Å². The number of ether oxygens (including phenoxy) is 1. The zero-order chi connectivity index (χ0) is 15.2. The molecule has 1 heterocycles. The van der Waals surface area contributed by atoms with Crippen molar-refractivity contribution in [1.82, 2.24) is 15.5 Å². The fraction of sp³-hybridized carbons (Fsp3) is 0.333. The molecule has 0 fully saturated rings. The lowest BCUT2D eigenvalue weighted by Gasteiger charge is -2.10. The van der Waals surface area contributed by atoms with Gasteiger partial charge in [0.05, 0.1) is 18.8 Å². The van der Waals surface area contributed by atoms with E-state index in [9.17, 15) is 4.79 Å². The molecule has 0 bridgehead atoms. The Morgan fingerprint density at radius 2 is 2.33 bits per heavy atom. The molecule has 4 N–H and O–H groups in total. The molecule has 0 saturated carbocycles. The van der Waals surface area contributed by atoms with Crippen LogP contribution in [0.4, 0.5) is 0 Å². The molecule has 0 spiro atoms. The summed E-state index contributed by atoms with van der Waals surface area (Å²) in [6.45, 7) is 4.44. The van der Waals surface area contributed by atoms with Gasteiger partial charge in [0, 0.05) is 11.3 Å². The molecule has 2 rings (SSSR count). The maximum Gasteiger partial charge on any atom is 0.236 e. The Hall–Kier alpha value is -2.34. The first kappa shape index (κ1) is 15.1. The van der Waals surface area contributed by atoms with Crippen molar-refractivity contribution in [1.29, 1.82) is 0 Å². The molecule has 1 amide bonds. The van der Waals surface area contributed by atoms with Gasteiger partial charge in [-0.2, -0.15) is 5.10 Å². The third-order valence-electron chi connectivity index (χ3n) is 3.06. The third kappa shape index (κ3) is 4.06. The van der Waals surface area contributed by atoms with Crippen LogP contribution in [0.1, 0.15) is 12.6 Å². The highest BCUT2D eigenvalue weighted by atomic mass is 16.5. The number of benzene rings is 1. The molecule has 0 radical (unpaired) electrons. The first-order chi connectivity index (χ1) is 10.1. The molecule has 0 aliphatic heterocycles. The van der Waals surface area contributed by atoms with Gasteiger partial charge in [-0.05, 0) is 31.5 Å². The van der Waals surface area contributed by atoms with Crippen molar-refractivity contribution >= 4 is 5.91 Å². The van der Waals surface area contributed by atoms with Crippen LogP contribution in [-0.2, 0) is 4.79 Å². The second-order valence-electron chi connectivity index (χ2n) is 4.86. The van der Waals surface area contributed by atoms with E-state index >= 15 is 0 Å². The number of amides is 1. The number of carbonyl (C=O) groups excluding carboxylic acids is 1. The zero-order valence-electron chi connectivity index (χ0n) is 12.2. The molecule has 0 aliphatic carbocycles. The monoisotopic (exact) mass is 288 g/mol. The van der Waals surface area contributed by atoms with Crippen molar-refractivity contribution in [2.24, 2.45) is 5.73 Å². The van der Waals surface area contributed by atoms with Crippen molar-refractivity contribution in [3.8, 4) is 16.9 Å². The maximum absolute atomic E-state index is 11.3. The largest absolute Gasteiger partial charge is 0.492 e. The summed E-state index contributed by atoms with van der Waals surface area (Å²) in [6, 6.07) is 7.26. The molecule has 21 heavy (non-hydrogen) atoms. The Kier molecular flexibility index (Phi) is 4.94. The molecule has 1 atom stereocenters. The van der Waals surface area contributed by atoms with Crippen molar-refractivity contribution < 1.29 is 9.53 Å². The fourth-order valence-electron chi connectivity index (χ4n) is 1.90. The second-order valence-corrected chi connectivity index (χ2v) is 4.86. The lowest BCUT2D eigenvalue weighted by atomic mass is 10.1. The Bertz CT molecular complexity index is 607. The summed E-state index contributed by atoms with van der Waals surface area (Å²) >= 11 is 0. The van der Waals surface area contributed by atoms with Crippen LogP contribution >= 0.6 is 0 Å². The third-order valence-corrected chi connectivity index (χ3v) is 3.06. The zero-order valence-corrected chi connectivity index (χ0v) is 12.2. The smallest absolute Gasteiger partial charge is 0.236 e. The number of nitrogens with one attached hydrogen (secondary N) is 2. The van der Waals surface area contributed by atoms with E-state index in [0.29, 0.717) is 13.2 Å². The average Bonchev–Trinajstić information content (AvgIpc) is 2.89. The van der Waals surface area contributed by atoms with E-state index in [1.165, 1.54) is 0 Å². The number of aromatic nitrogens is 2. The standard InChI is InChI=1S/C15H20N4O2/c1-10(16)15(20)17-6-7-21-13-5-3-4-12(8-13)14-9-18-19-11(14)2/h3-5,8-10H,6-7,16H2,1-2H3,(H,17,20)(H,18,19)/t10-/m1/s1. The Labute approximate surface area is 123 Å². The summed E-state index contributed by atoms with van der Waals surface area (Å²) in [7, 11) is 0. The van der Waals surface area contributed by atoms with Crippen LogP contribution in [0.25, 0.3) is 11.1 Å². The van der Waals surface area contributed by atoms with Gasteiger partial charge in [-0.3, -0.25) is 9.89 Å². The van der Waals surface area contributed by atoms with Crippen LogP contribution in [0, 0.1) is 6.92 Å². The first-order valence-electron chi connectivity index (χ1n) is 6.84. The van der Waals surface area contributed by atoms with E-state index < -0.39 is 6.04 Å². The number of hydrogen-bond acceptors (Lipinski definition) is 4. The number of hydrogen-bond donors (Lipinski definition) is 3. The lowest BCUT2D eigenvalue weighted by molar-refractivity contribution is -0.122. The number of carbonyl (C=O) groups is 1. The molecule has 6 nitrogen and oxygen atoms in total. The van der Waals surface area contributed by atoms with Crippen molar-refractivity contribution in [3.63, 3.8) is 0 Å². The van der Waals surface area contributed by atoms with Gasteiger partial charge < -0.3 is 15.8 Å². The van der Waals surface area contributed by atoms with Gasteiger partial charge in [0.1, 0.15) is 12.4 Å². The molecule has 1 aromatic heterocycles. The van der Waals surface area contributed by atoms with E-state index in [2.05, 4.69) is 15.5 Å². The van der Waals surface area contributed by atoms with E-state index in [1.807, 2.05) is 31.2 Å². The van der Waals surface area contributed by atoms with Gasteiger partial charge >= 0.3 is 0 Å². The average molecular weight is 288 g/mol. The number of aromatic amines is 1. The highest BCUT2D eigenvalue weighted by molar-refractivity contribution is 5.80. The summed E-state index contributed by atoms with van der Waals surface area (Å²) in [5.74, 6) is 0.574. The minimum absolute atomic E-state index is 0.179. The van der Waals surface area contributed by atoms with Gasteiger partial charge in [0.25, 0.3) is 0 Å². The fourth-order valence-corrected chi connectivity index (χ4v) is 1.90. The van der Waals surface area contributed by atoms with E-state index in [-0.39, 0.29) is 5.91 Å².